The molecule has 1 aromatic rings. The number of hydrogen-bond acceptors (Lipinski definition) is 4. The van der Waals surface area contributed by atoms with E-state index in [-0.39, 0.29) is 12.4 Å². The van der Waals surface area contributed by atoms with E-state index >= 15 is 0 Å². The highest BCUT2D eigenvalue weighted by molar-refractivity contribution is 7.86. The molecule has 0 aliphatic carbocycles. The van der Waals surface area contributed by atoms with Gasteiger partial charge in [-0.05, 0) is 18.6 Å². The summed E-state index contributed by atoms with van der Waals surface area (Å²) in [6.07, 6.45) is 0.969. The summed E-state index contributed by atoms with van der Waals surface area (Å²) in [5.41, 5.74) is 1.34. The van der Waals surface area contributed by atoms with Crippen molar-refractivity contribution < 1.29 is 17.7 Å². The Bertz CT molecular complexity index is 422. The molecule has 1 aromatic carbocycles. The Balaban J connectivity index is 3.11. The molecule has 0 aromatic heterocycles. The van der Waals surface area contributed by atoms with E-state index in [0.717, 1.165) is 11.8 Å². The van der Waals surface area contributed by atoms with Crippen molar-refractivity contribution in [2.75, 3.05) is 6.26 Å². The zero-order valence-electron chi connectivity index (χ0n) is 8.02. The molecule has 0 spiro atoms. The SMILES string of the molecule is Cc1ccc(CO)c(OS(C)(=O)=O)c1. The Morgan fingerprint density at radius 3 is 2.57 bits per heavy atom. The molecule has 4 nitrogen and oxygen atoms in total. The quantitative estimate of drug-likeness (QED) is 0.760. The van der Waals surface area contributed by atoms with E-state index in [1.54, 1.807) is 18.2 Å². The average molecular weight is 216 g/mol. The normalized spacial score (nSPS) is 11.4. The number of aliphatic hydroxyl groups excluding tert-OH is 1. The van der Waals surface area contributed by atoms with Crippen molar-refractivity contribution in [2.24, 2.45) is 0 Å². The van der Waals surface area contributed by atoms with Crippen LogP contribution in [-0.4, -0.2) is 19.8 Å². The maximum Gasteiger partial charge on any atom is 0.306 e. The monoisotopic (exact) mass is 216 g/mol. The number of benzene rings is 1. The first kappa shape index (κ1) is 11.0. The van der Waals surface area contributed by atoms with Crippen LogP contribution < -0.4 is 4.18 Å². The summed E-state index contributed by atoms with van der Waals surface area (Å²) in [7, 11) is -3.54. The van der Waals surface area contributed by atoms with Crippen LogP contribution in [-0.2, 0) is 16.7 Å². The van der Waals surface area contributed by atoms with E-state index in [9.17, 15) is 8.42 Å². The second-order valence-corrected chi connectivity index (χ2v) is 4.63. The van der Waals surface area contributed by atoms with Crippen molar-refractivity contribution in [3.05, 3.63) is 29.3 Å². The third-order valence-corrected chi connectivity index (χ3v) is 2.12. The van der Waals surface area contributed by atoms with Crippen LogP contribution in [0.15, 0.2) is 18.2 Å². The van der Waals surface area contributed by atoms with Crippen LogP contribution in [0.2, 0.25) is 0 Å². The minimum atomic E-state index is -3.54. The van der Waals surface area contributed by atoms with Gasteiger partial charge in [-0.3, -0.25) is 0 Å². The molecular weight excluding hydrogens is 204 g/mol. The Labute approximate surface area is 83.3 Å². The molecule has 14 heavy (non-hydrogen) atoms. The Morgan fingerprint density at radius 2 is 2.07 bits per heavy atom. The molecule has 1 N–H and O–H groups in total. The third kappa shape index (κ3) is 3.01. The molecule has 0 atom stereocenters. The van der Waals surface area contributed by atoms with Crippen LogP contribution in [0.3, 0.4) is 0 Å². The van der Waals surface area contributed by atoms with Gasteiger partial charge in [0.25, 0.3) is 0 Å². The van der Waals surface area contributed by atoms with E-state index < -0.39 is 10.1 Å². The summed E-state index contributed by atoms with van der Waals surface area (Å²) >= 11 is 0. The van der Waals surface area contributed by atoms with Crippen molar-refractivity contribution in [3.8, 4) is 5.75 Å². The summed E-state index contributed by atoms with van der Waals surface area (Å²) in [4.78, 5) is 0. The summed E-state index contributed by atoms with van der Waals surface area (Å²) < 4.78 is 26.5. The molecule has 0 aliphatic heterocycles. The third-order valence-electron chi connectivity index (χ3n) is 1.63. The number of rotatable bonds is 3. The minimum absolute atomic E-state index is 0.190. The van der Waals surface area contributed by atoms with Gasteiger partial charge < -0.3 is 9.29 Å². The second kappa shape index (κ2) is 3.98. The Morgan fingerprint density at radius 1 is 1.43 bits per heavy atom. The zero-order chi connectivity index (χ0) is 10.8. The fraction of sp³-hybridized carbons (Fsp3) is 0.333. The molecule has 0 unspecified atom stereocenters. The standard InChI is InChI=1S/C9H12O4S/c1-7-3-4-8(6-10)9(5-7)13-14(2,11)12/h3-5,10H,6H2,1-2H3. The van der Waals surface area contributed by atoms with Crippen LogP contribution in [0.1, 0.15) is 11.1 Å². The lowest BCUT2D eigenvalue weighted by atomic mass is 10.1. The lowest BCUT2D eigenvalue weighted by molar-refractivity contribution is 0.278. The fourth-order valence-corrected chi connectivity index (χ4v) is 1.51. The summed E-state index contributed by atoms with van der Waals surface area (Å²) in [5, 5.41) is 8.93. The van der Waals surface area contributed by atoms with Crippen molar-refractivity contribution in [2.45, 2.75) is 13.5 Å². The highest BCUT2D eigenvalue weighted by Crippen LogP contribution is 2.21. The van der Waals surface area contributed by atoms with Crippen LogP contribution >= 0.6 is 0 Å². The maximum absolute atomic E-state index is 10.9. The minimum Gasteiger partial charge on any atom is -0.392 e. The fourth-order valence-electron chi connectivity index (χ4n) is 1.03. The first-order valence-corrected chi connectivity index (χ1v) is 5.84. The summed E-state index contributed by atoms with van der Waals surface area (Å²) in [5.74, 6) is 0.190. The van der Waals surface area contributed by atoms with Gasteiger partial charge in [-0.2, -0.15) is 8.42 Å². The Hall–Kier alpha value is -1.07. The van der Waals surface area contributed by atoms with Crippen LogP contribution in [0.5, 0.6) is 5.75 Å². The van der Waals surface area contributed by atoms with E-state index in [0.29, 0.717) is 5.56 Å². The molecule has 5 heteroatoms. The lowest BCUT2D eigenvalue weighted by Crippen LogP contribution is -2.07. The van der Waals surface area contributed by atoms with Crippen molar-refractivity contribution in [1.29, 1.82) is 0 Å². The van der Waals surface area contributed by atoms with E-state index in [4.69, 9.17) is 9.29 Å². The highest BCUT2D eigenvalue weighted by Gasteiger charge is 2.09. The molecule has 0 amide bonds. The van der Waals surface area contributed by atoms with Gasteiger partial charge in [0.2, 0.25) is 0 Å². The molecule has 0 bridgehead atoms. The highest BCUT2D eigenvalue weighted by atomic mass is 32.2. The molecular formula is C9H12O4S. The molecule has 0 saturated carbocycles. The van der Waals surface area contributed by atoms with Crippen LogP contribution in [0.25, 0.3) is 0 Å². The lowest BCUT2D eigenvalue weighted by Gasteiger charge is -2.08. The molecule has 0 radical (unpaired) electrons. The van der Waals surface area contributed by atoms with E-state index in [1.807, 2.05) is 6.92 Å². The first-order valence-electron chi connectivity index (χ1n) is 4.02. The van der Waals surface area contributed by atoms with Gasteiger partial charge in [0.15, 0.2) is 0 Å². The maximum atomic E-state index is 10.9. The number of aliphatic hydroxyl groups is 1. The zero-order valence-corrected chi connectivity index (χ0v) is 8.84. The van der Waals surface area contributed by atoms with Crippen molar-refractivity contribution >= 4 is 10.1 Å². The van der Waals surface area contributed by atoms with Crippen molar-refractivity contribution in [3.63, 3.8) is 0 Å². The molecule has 0 saturated heterocycles. The van der Waals surface area contributed by atoms with Gasteiger partial charge >= 0.3 is 10.1 Å². The number of hydrogen-bond donors (Lipinski definition) is 1. The average Bonchev–Trinajstić information content (AvgIpc) is 2.01. The van der Waals surface area contributed by atoms with E-state index in [2.05, 4.69) is 0 Å². The van der Waals surface area contributed by atoms with Gasteiger partial charge in [0, 0.05) is 5.56 Å². The molecule has 0 heterocycles. The van der Waals surface area contributed by atoms with Gasteiger partial charge in [0.05, 0.1) is 12.9 Å². The molecule has 78 valence electrons. The van der Waals surface area contributed by atoms with Gasteiger partial charge in [-0.15, -0.1) is 0 Å². The second-order valence-electron chi connectivity index (χ2n) is 3.06. The smallest absolute Gasteiger partial charge is 0.306 e. The first-order chi connectivity index (χ1) is 6.42. The predicted molar refractivity (Wildman–Crippen MR) is 52.6 cm³/mol. The molecule has 0 fully saturated rings. The topological polar surface area (TPSA) is 63.6 Å². The summed E-state index contributed by atoms with van der Waals surface area (Å²) in [6.45, 7) is 1.57. The van der Waals surface area contributed by atoms with E-state index in [1.165, 1.54) is 0 Å². The van der Waals surface area contributed by atoms with Gasteiger partial charge in [-0.1, -0.05) is 12.1 Å². The van der Waals surface area contributed by atoms with Gasteiger partial charge in [0.1, 0.15) is 5.75 Å². The van der Waals surface area contributed by atoms with Gasteiger partial charge in [-0.25, -0.2) is 0 Å². The van der Waals surface area contributed by atoms with Crippen LogP contribution in [0.4, 0.5) is 0 Å². The summed E-state index contributed by atoms with van der Waals surface area (Å²) in [6, 6.07) is 4.99. The molecule has 0 aliphatic rings. The van der Waals surface area contributed by atoms with Crippen LogP contribution in [0, 0.1) is 6.92 Å². The van der Waals surface area contributed by atoms with Crippen molar-refractivity contribution in [1.82, 2.24) is 0 Å². The number of aryl methyl sites for hydroxylation is 1. The molecule has 1 rings (SSSR count). The largest absolute Gasteiger partial charge is 0.392 e. The predicted octanol–water partition coefficient (Wildman–Crippen LogP) is 0.826. The Kier molecular flexibility index (Phi) is 3.13.